The first-order chi connectivity index (χ1) is 8.11. The lowest BCUT2D eigenvalue weighted by atomic mass is 10.2. The van der Waals surface area contributed by atoms with Gasteiger partial charge < -0.3 is 20.5 Å². The van der Waals surface area contributed by atoms with Crippen molar-refractivity contribution in [3.63, 3.8) is 0 Å². The molecule has 0 aromatic heterocycles. The second-order valence-electron chi connectivity index (χ2n) is 3.78. The van der Waals surface area contributed by atoms with Crippen molar-refractivity contribution in [1.29, 1.82) is 0 Å². The van der Waals surface area contributed by atoms with Crippen LogP contribution in [0.4, 0.5) is 4.79 Å². The van der Waals surface area contributed by atoms with Crippen molar-refractivity contribution in [1.82, 2.24) is 10.6 Å². The van der Waals surface area contributed by atoms with Crippen molar-refractivity contribution in [3.8, 4) is 0 Å². The lowest BCUT2D eigenvalue weighted by Crippen LogP contribution is -2.46. The molecule has 3 N–H and O–H groups in total. The molecule has 0 aromatic carbocycles. The van der Waals surface area contributed by atoms with Gasteiger partial charge in [0.05, 0.1) is 0 Å². The van der Waals surface area contributed by atoms with Crippen molar-refractivity contribution in [2.24, 2.45) is 0 Å². The van der Waals surface area contributed by atoms with Gasteiger partial charge in [-0.1, -0.05) is 19.8 Å². The van der Waals surface area contributed by atoms with Crippen LogP contribution in [0.1, 0.15) is 32.6 Å². The number of unbranched alkanes of at least 4 members (excludes halogenated alkanes) is 2. The summed E-state index contributed by atoms with van der Waals surface area (Å²) in [6.07, 6.45) is 3.29. The smallest absolute Gasteiger partial charge is 0.326 e. The van der Waals surface area contributed by atoms with E-state index >= 15 is 0 Å². The summed E-state index contributed by atoms with van der Waals surface area (Å²) in [5, 5.41) is 13.9. The number of carbonyl (C=O) groups excluding carboxylic acids is 1. The topological polar surface area (TPSA) is 87.7 Å². The summed E-state index contributed by atoms with van der Waals surface area (Å²) in [5.74, 6) is -1.05. The second-order valence-corrected chi connectivity index (χ2v) is 3.78. The Hall–Kier alpha value is -1.30. The molecule has 0 radical (unpaired) electrons. The van der Waals surface area contributed by atoms with E-state index in [0.717, 1.165) is 19.3 Å². The van der Waals surface area contributed by atoms with Gasteiger partial charge in [0.15, 0.2) is 0 Å². The fourth-order valence-corrected chi connectivity index (χ4v) is 1.28. The van der Waals surface area contributed by atoms with Crippen LogP contribution in [0.5, 0.6) is 0 Å². The van der Waals surface area contributed by atoms with Crippen LogP contribution in [0.25, 0.3) is 0 Å². The molecule has 1 unspecified atom stereocenters. The summed E-state index contributed by atoms with van der Waals surface area (Å²) >= 11 is 0. The molecule has 6 nitrogen and oxygen atoms in total. The summed E-state index contributed by atoms with van der Waals surface area (Å²) in [4.78, 5) is 22.2. The number of urea groups is 1. The molecule has 1 atom stereocenters. The Morgan fingerprint density at radius 2 is 2.06 bits per heavy atom. The van der Waals surface area contributed by atoms with Crippen LogP contribution in [0.15, 0.2) is 0 Å². The molecule has 2 amide bonds. The van der Waals surface area contributed by atoms with Crippen molar-refractivity contribution < 1.29 is 19.4 Å². The molecule has 0 aliphatic carbocycles. The van der Waals surface area contributed by atoms with Gasteiger partial charge in [-0.25, -0.2) is 9.59 Å². The van der Waals surface area contributed by atoms with E-state index in [1.54, 1.807) is 0 Å². The molecular weight excluding hydrogens is 224 g/mol. The highest BCUT2D eigenvalue weighted by molar-refractivity contribution is 5.82. The SMILES string of the molecule is CCCCCNC(=O)NC(CCOC)C(=O)O. The van der Waals surface area contributed by atoms with Gasteiger partial charge >= 0.3 is 12.0 Å². The molecule has 0 aromatic rings. The summed E-state index contributed by atoms with van der Waals surface area (Å²) in [6, 6.07) is -1.34. The third kappa shape index (κ3) is 8.50. The average molecular weight is 246 g/mol. The molecular formula is C11H22N2O4. The summed E-state index contributed by atoms with van der Waals surface area (Å²) in [7, 11) is 1.49. The first-order valence-electron chi connectivity index (χ1n) is 5.88. The molecule has 0 saturated carbocycles. The largest absolute Gasteiger partial charge is 0.480 e. The van der Waals surface area contributed by atoms with Crippen LogP contribution in [0.3, 0.4) is 0 Å². The number of aliphatic carboxylic acids is 1. The number of methoxy groups -OCH3 is 1. The van der Waals surface area contributed by atoms with Crippen LogP contribution in [-0.4, -0.2) is 43.4 Å². The standard InChI is InChI=1S/C11H22N2O4/c1-3-4-5-7-12-11(16)13-9(10(14)15)6-8-17-2/h9H,3-8H2,1-2H3,(H,14,15)(H2,12,13,16). The number of carboxylic acid groups (broad SMARTS) is 1. The third-order valence-electron chi connectivity index (χ3n) is 2.28. The lowest BCUT2D eigenvalue weighted by Gasteiger charge is -2.14. The van der Waals surface area contributed by atoms with Gasteiger partial charge in [0, 0.05) is 26.7 Å². The second kappa shape index (κ2) is 9.89. The molecule has 0 saturated heterocycles. The van der Waals surface area contributed by atoms with E-state index in [4.69, 9.17) is 9.84 Å². The minimum Gasteiger partial charge on any atom is -0.480 e. The molecule has 0 aliphatic rings. The Morgan fingerprint density at radius 1 is 1.35 bits per heavy atom. The van der Waals surface area contributed by atoms with Crippen molar-refractivity contribution in [3.05, 3.63) is 0 Å². The van der Waals surface area contributed by atoms with E-state index in [2.05, 4.69) is 17.6 Å². The Labute approximate surface area is 102 Å². The van der Waals surface area contributed by atoms with Crippen LogP contribution in [0.2, 0.25) is 0 Å². The summed E-state index contributed by atoms with van der Waals surface area (Å²) < 4.78 is 4.78. The Bertz CT molecular complexity index is 234. The van der Waals surface area contributed by atoms with Crippen LogP contribution >= 0.6 is 0 Å². The minimum atomic E-state index is -1.05. The first-order valence-corrected chi connectivity index (χ1v) is 5.88. The van der Waals surface area contributed by atoms with E-state index < -0.39 is 18.0 Å². The maximum atomic E-state index is 11.4. The molecule has 0 aliphatic heterocycles. The van der Waals surface area contributed by atoms with Gasteiger partial charge in [-0.2, -0.15) is 0 Å². The maximum Gasteiger partial charge on any atom is 0.326 e. The molecule has 0 spiro atoms. The van der Waals surface area contributed by atoms with Gasteiger partial charge in [0.2, 0.25) is 0 Å². The van der Waals surface area contributed by atoms with Crippen LogP contribution < -0.4 is 10.6 Å². The Morgan fingerprint density at radius 3 is 2.59 bits per heavy atom. The van der Waals surface area contributed by atoms with Crippen molar-refractivity contribution >= 4 is 12.0 Å². The summed E-state index contributed by atoms with van der Waals surface area (Å²) in [6.45, 7) is 2.94. The highest BCUT2D eigenvalue weighted by Gasteiger charge is 2.18. The number of hydrogen-bond acceptors (Lipinski definition) is 3. The number of ether oxygens (including phenoxy) is 1. The zero-order chi connectivity index (χ0) is 13.1. The summed E-state index contributed by atoms with van der Waals surface area (Å²) in [5.41, 5.74) is 0. The quantitative estimate of drug-likeness (QED) is 0.529. The number of hydrogen-bond donors (Lipinski definition) is 3. The van der Waals surface area contributed by atoms with E-state index in [1.807, 2.05) is 0 Å². The van der Waals surface area contributed by atoms with Crippen molar-refractivity contribution in [2.75, 3.05) is 20.3 Å². The number of rotatable bonds is 9. The molecule has 0 rings (SSSR count). The predicted octanol–water partition coefficient (Wildman–Crippen LogP) is 0.965. The van der Waals surface area contributed by atoms with Gasteiger partial charge in [0.25, 0.3) is 0 Å². The molecule has 0 fully saturated rings. The maximum absolute atomic E-state index is 11.4. The molecule has 17 heavy (non-hydrogen) atoms. The Balaban J connectivity index is 3.83. The first kappa shape index (κ1) is 15.7. The van der Waals surface area contributed by atoms with Gasteiger partial charge in [0.1, 0.15) is 6.04 Å². The third-order valence-corrected chi connectivity index (χ3v) is 2.28. The fourth-order valence-electron chi connectivity index (χ4n) is 1.28. The van der Waals surface area contributed by atoms with E-state index in [1.165, 1.54) is 7.11 Å². The normalized spacial score (nSPS) is 11.9. The zero-order valence-electron chi connectivity index (χ0n) is 10.5. The highest BCUT2D eigenvalue weighted by atomic mass is 16.5. The molecule has 100 valence electrons. The van der Waals surface area contributed by atoms with E-state index in [-0.39, 0.29) is 6.42 Å². The number of carbonyl (C=O) groups is 2. The van der Waals surface area contributed by atoms with Crippen molar-refractivity contribution in [2.45, 2.75) is 38.6 Å². The van der Waals surface area contributed by atoms with Gasteiger partial charge in [-0.05, 0) is 6.42 Å². The monoisotopic (exact) mass is 246 g/mol. The molecule has 6 heteroatoms. The number of nitrogens with one attached hydrogen (secondary N) is 2. The van der Waals surface area contributed by atoms with E-state index in [9.17, 15) is 9.59 Å². The van der Waals surface area contributed by atoms with Gasteiger partial charge in [-0.3, -0.25) is 0 Å². The molecule has 0 heterocycles. The number of amides is 2. The Kier molecular flexibility index (Phi) is 9.14. The number of carboxylic acids is 1. The minimum absolute atomic E-state index is 0.258. The van der Waals surface area contributed by atoms with Crippen LogP contribution in [-0.2, 0) is 9.53 Å². The van der Waals surface area contributed by atoms with Gasteiger partial charge in [-0.15, -0.1) is 0 Å². The lowest BCUT2D eigenvalue weighted by molar-refractivity contribution is -0.139. The predicted molar refractivity (Wildman–Crippen MR) is 64.0 cm³/mol. The van der Waals surface area contributed by atoms with E-state index in [0.29, 0.717) is 13.2 Å². The zero-order valence-corrected chi connectivity index (χ0v) is 10.5. The van der Waals surface area contributed by atoms with Crippen LogP contribution in [0, 0.1) is 0 Å². The average Bonchev–Trinajstić information content (AvgIpc) is 2.29. The fraction of sp³-hybridized carbons (Fsp3) is 0.818. The molecule has 0 bridgehead atoms. The highest BCUT2D eigenvalue weighted by Crippen LogP contribution is 1.94.